The van der Waals surface area contributed by atoms with Crippen molar-refractivity contribution in [3.63, 3.8) is 0 Å². The maximum absolute atomic E-state index is 13.3. The summed E-state index contributed by atoms with van der Waals surface area (Å²) in [4.78, 5) is 16.6. The van der Waals surface area contributed by atoms with E-state index in [1.165, 1.54) is 5.56 Å². The first-order chi connectivity index (χ1) is 13.5. The van der Waals surface area contributed by atoms with Crippen molar-refractivity contribution in [1.29, 1.82) is 0 Å². The van der Waals surface area contributed by atoms with Crippen LogP contribution in [0.4, 0.5) is 0 Å². The molecule has 0 spiro atoms. The fraction of sp³-hybridized carbons (Fsp3) is 0.364. The van der Waals surface area contributed by atoms with Gasteiger partial charge < -0.3 is 4.90 Å². The molecule has 2 aromatic heterocycles. The molecule has 3 aromatic rings. The summed E-state index contributed by atoms with van der Waals surface area (Å²) in [6.45, 7) is 2.31. The first-order valence-corrected chi connectivity index (χ1v) is 11.0. The Morgan fingerprint density at radius 3 is 2.71 bits per heavy atom. The van der Waals surface area contributed by atoms with Crippen molar-refractivity contribution in [2.45, 2.75) is 50.1 Å². The average Bonchev–Trinajstić information content (AvgIpc) is 3.41. The molecule has 2 saturated heterocycles. The van der Waals surface area contributed by atoms with Crippen molar-refractivity contribution in [3.8, 4) is 10.4 Å². The van der Waals surface area contributed by atoms with Crippen molar-refractivity contribution in [3.05, 3.63) is 64.3 Å². The normalized spacial score (nSPS) is 26.6. The van der Waals surface area contributed by atoms with Gasteiger partial charge in [-0.3, -0.25) is 9.89 Å². The molecule has 4 nitrogen and oxygen atoms in total. The van der Waals surface area contributed by atoms with E-state index in [0.29, 0.717) is 0 Å². The van der Waals surface area contributed by atoms with Gasteiger partial charge in [-0.25, -0.2) is 0 Å². The molecule has 2 bridgehead atoms. The van der Waals surface area contributed by atoms with Gasteiger partial charge in [0.25, 0.3) is 5.91 Å². The number of piperidine rings is 1. The van der Waals surface area contributed by atoms with Gasteiger partial charge in [0, 0.05) is 39.1 Å². The smallest absolute Gasteiger partial charge is 0.255 e. The predicted molar refractivity (Wildman–Crippen MR) is 113 cm³/mol. The van der Waals surface area contributed by atoms with E-state index < -0.39 is 0 Å². The number of thiophene rings is 1. The SMILES string of the molecule is CC1(c2ccccc2Cl)CC2CCC(C1)N2C(=O)c1csc(-c2cn[nH]c2)c1. The van der Waals surface area contributed by atoms with Crippen LogP contribution in [0.1, 0.15) is 48.5 Å². The van der Waals surface area contributed by atoms with Crippen LogP contribution >= 0.6 is 22.9 Å². The van der Waals surface area contributed by atoms with Crippen LogP contribution in [-0.4, -0.2) is 33.1 Å². The minimum atomic E-state index is 0.0254. The minimum Gasteiger partial charge on any atom is -0.333 e. The van der Waals surface area contributed by atoms with Crippen LogP contribution in [0.25, 0.3) is 10.4 Å². The first kappa shape index (κ1) is 18.0. The second kappa shape index (κ2) is 6.75. The largest absolute Gasteiger partial charge is 0.333 e. The molecule has 6 heteroatoms. The summed E-state index contributed by atoms with van der Waals surface area (Å²) in [5.74, 6) is 0.166. The van der Waals surface area contributed by atoms with Gasteiger partial charge in [-0.05, 0) is 48.8 Å². The van der Waals surface area contributed by atoms with E-state index in [-0.39, 0.29) is 23.4 Å². The molecule has 2 fully saturated rings. The van der Waals surface area contributed by atoms with Crippen molar-refractivity contribution in [2.24, 2.45) is 0 Å². The number of carbonyl (C=O) groups excluding carboxylic acids is 1. The topological polar surface area (TPSA) is 49.0 Å². The summed E-state index contributed by atoms with van der Waals surface area (Å²) in [7, 11) is 0. The van der Waals surface area contributed by atoms with Crippen molar-refractivity contribution in [1.82, 2.24) is 15.1 Å². The molecule has 0 radical (unpaired) electrons. The van der Waals surface area contributed by atoms with Crippen LogP contribution in [0.5, 0.6) is 0 Å². The van der Waals surface area contributed by atoms with E-state index in [2.05, 4.69) is 34.2 Å². The van der Waals surface area contributed by atoms with Crippen molar-refractivity contribution < 1.29 is 4.79 Å². The predicted octanol–water partition coefficient (Wildman–Crippen LogP) is 5.52. The lowest BCUT2D eigenvalue weighted by Crippen LogP contribution is -2.51. The zero-order valence-electron chi connectivity index (χ0n) is 15.7. The molecule has 0 aliphatic carbocycles. The molecule has 1 amide bonds. The second-order valence-electron chi connectivity index (χ2n) is 8.23. The zero-order chi connectivity index (χ0) is 19.3. The van der Waals surface area contributed by atoms with Crippen LogP contribution in [0.3, 0.4) is 0 Å². The Labute approximate surface area is 173 Å². The summed E-state index contributed by atoms with van der Waals surface area (Å²) in [6, 6.07) is 10.7. The number of aromatic nitrogens is 2. The third-order valence-corrected chi connectivity index (χ3v) is 7.69. The zero-order valence-corrected chi connectivity index (χ0v) is 17.3. The highest BCUT2D eigenvalue weighted by Crippen LogP contribution is 2.49. The summed E-state index contributed by atoms with van der Waals surface area (Å²) in [5, 5.41) is 9.66. The van der Waals surface area contributed by atoms with E-state index in [1.807, 2.05) is 29.8 Å². The summed E-state index contributed by atoms with van der Waals surface area (Å²) < 4.78 is 0. The molecular formula is C22H22ClN3OS. The lowest BCUT2D eigenvalue weighted by molar-refractivity contribution is 0.0495. The summed E-state index contributed by atoms with van der Waals surface area (Å²) >= 11 is 8.12. The molecule has 2 aliphatic heterocycles. The van der Waals surface area contributed by atoms with Crippen molar-refractivity contribution >= 4 is 28.8 Å². The molecule has 28 heavy (non-hydrogen) atoms. The number of carbonyl (C=O) groups is 1. The van der Waals surface area contributed by atoms with E-state index in [1.54, 1.807) is 17.5 Å². The number of benzene rings is 1. The van der Waals surface area contributed by atoms with Crippen LogP contribution in [0.2, 0.25) is 5.02 Å². The van der Waals surface area contributed by atoms with Gasteiger partial charge in [0.15, 0.2) is 0 Å². The average molecular weight is 412 g/mol. The highest BCUT2D eigenvalue weighted by atomic mass is 35.5. The fourth-order valence-electron chi connectivity index (χ4n) is 5.12. The molecule has 4 heterocycles. The number of amides is 1. The van der Waals surface area contributed by atoms with Gasteiger partial charge in [-0.1, -0.05) is 36.7 Å². The van der Waals surface area contributed by atoms with Gasteiger partial charge in [-0.15, -0.1) is 11.3 Å². The first-order valence-electron chi connectivity index (χ1n) is 9.70. The number of halogens is 1. The number of H-pyrrole nitrogens is 1. The molecule has 2 atom stereocenters. The van der Waals surface area contributed by atoms with Crippen LogP contribution in [0.15, 0.2) is 48.1 Å². The molecule has 5 rings (SSSR count). The van der Waals surface area contributed by atoms with Crippen LogP contribution in [0, 0.1) is 0 Å². The number of nitrogens with zero attached hydrogens (tertiary/aromatic N) is 2. The van der Waals surface area contributed by atoms with Gasteiger partial charge in [-0.2, -0.15) is 5.10 Å². The highest BCUT2D eigenvalue weighted by molar-refractivity contribution is 7.13. The third-order valence-electron chi connectivity index (χ3n) is 6.38. The molecule has 2 aliphatic rings. The highest BCUT2D eigenvalue weighted by Gasteiger charge is 2.49. The number of hydrogen-bond donors (Lipinski definition) is 1. The van der Waals surface area contributed by atoms with Gasteiger partial charge in [0.05, 0.1) is 11.8 Å². The fourth-order valence-corrected chi connectivity index (χ4v) is 6.35. The Morgan fingerprint density at radius 2 is 2.04 bits per heavy atom. The van der Waals surface area contributed by atoms with Gasteiger partial charge in [0.2, 0.25) is 0 Å². The monoisotopic (exact) mass is 411 g/mol. The Kier molecular flexibility index (Phi) is 4.33. The standard InChI is InChI=1S/C22H22ClN3OS/c1-22(18-4-2-3-5-19(18)23)9-16-6-7-17(10-22)26(16)21(27)14-8-20(28-13-14)15-11-24-25-12-15/h2-5,8,11-13,16-17H,6-7,9-10H2,1H3,(H,24,25). The van der Waals surface area contributed by atoms with Gasteiger partial charge in [0.1, 0.15) is 0 Å². The van der Waals surface area contributed by atoms with E-state index in [4.69, 9.17) is 11.6 Å². The lowest BCUT2D eigenvalue weighted by atomic mass is 9.71. The van der Waals surface area contributed by atoms with Crippen LogP contribution in [-0.2, 0) is 5.41 Å². The Hall–Kier alpha value is -2.11. The number of aromatic amines is 1. The van der Waals surface area contributed by atoms with Crippen molar-refractivity contribution in [2.75, 3.05) is 0 Å². The maximum atomic E-state index is 13.3. The van der Waals surface area contributed by atoms with E-state index in [9.17, 15) is 4.79 Å². The maximum Gasteiger partial charge on any atom is 0.255 e. The Balaban J connectivity index is 1.40. The number of nitrogens with one attached hydrogen (secondary N) is 1. The lowest BCUT2D eigenvalue weighted by Gasteiger charge is -2.45. The van der Waals surface area contributed by atoms with E-state index in [0.717, 1.165) is 46.7 Å². The summed E-state index contributed by atoms with van der Waals surface area (Å²) in [6.07, 6.45) is 7.75. The summed E-state index contributed by atoms with van der Waals surface area (Å²) in [5.41, 5.74) is 3.06. The number of fused-ring (bicyclic) bond motifs is 2. The number of rotatable bonds is 3. The quantitative estimate of drug-likeness (QED) is 0.617. The van der Waals surface area contributed by atoms with Crippen LogP contribution < -0.4 is 0 Å². The molecule has 0 saturated carbocycles. The molecule has 2 unspecified atom stereocenters. The third kappa shape index (κ3) is 2.88. The Bertz CT molecular complexity index is 998. The number of hydrogen-bond acceptors (Lipinski definition) is 3. The van der Waals surface area contributed by atoms with E-state index >= 15 is 0 Å². The molecular weight excluding hydrogens is 390 g/mol. The Morgan fingerprint density at radius 1 is 1.29 bits per heavy atom. The molecule has 1 N–H and O–H groups in total. The molecule has 144 valence electrons. The van der Waals surface area contributed by atoms with Gasteiger partial charge >= 0.3 is 0 Å². The minimum absolute atomic E-state index is 0.0254. The second-order valence-corrected chi connectivity index (χ2v) is 9.55. The molecule has 1 aromatic carbocycles.